The quantitative estimate of drug-likeness (QED) is 0.817. The molecule has 0 aromatic carbocycles. The highest BCUT2D eigenvalue weighted by Crippen LogP contribution is 2.30. The van der Waals surface area contributed by atoms with Crippen LogP contribution in [0.15, 0.2) is 0 Å². The van der Waals surface area contributed by atoms with Gasteiger partial charge in [0.15, 0.2) is 0 Å². The minimum Gasteiger partial charge on any atom is -0.340 e. The Balaban J connectivity index is 1.63. The van der Waals surface area contributed by atoms with Gasteiger partial charge in [-0.05, 0) is 18.3 Å². The highest BCUT2D eigenvalue weighted by atomic mass is 32.2. The molecule has 0 aliphatic carbocycles. The summed E-state index contributed by atoms with van der Waals surface area (Å²) >= 11 is 1.70. The number of fused-ring (bicyclic) bond motifs is 1. The Kier molecular flexibility index (Phi) is 4.21. The van der Waals surface area contributed by atoms with E-state index in [1.807, 2.05) is 11.8 Å². The summed E-state index contributed by atoms with van der Waals surface area (Å²) in [6, 6.07) is -0.217. The van der Waals surface area contributed by atoms with Gasteiger partial charge in [-0.2, -0.15) is 0 Å². The Labute approximate surface area is 124 Å². The average Bonchev–Trinajstić information content (AvgIpc) is 3.12. The molecule has 3 atom stereocenters. The van der Waals surface area contributed by atoms with Crippen molar-refractivity contribution in [2.75, 3.05) is 37.8 Å². The third-order valence-electron chi connectivity index (χ3n) is 4.65. The number of amides is 2. The van der Waals surface area contributed by atoms with E-state index in [1.54, 1.807) is 16.7 Å². The van der Waals surface area contributed by atoms with Gasteiger partial charge in [0.2, 0.25) is 11.8 Å². The molecule has 3 rings (SSSR count). The Bertz CT molecular complexity index is 392. The minimum atomic E-state index is -0.217. The van der Waals surface area contributed by atoms with Crippen molar-refractivity contribution in [2.45, 2.75) is 25.8 Å². The summed E-state index contributed by atoms with van der Waals surface area (Å²) in [5.41, 5.74) is 0. The molecule has 0 aromatic rings. The van der Waals surface area contributed by atoms with E-state index in [1.165, 1.54) is 0 Å². The van der Waals surface area contributed by atoms with Crippen molar-refractivity contribution in [3.8, 4) is 0 Å². The van der Waals surface area contributed by atoms with Gasteiger partial charge in [0, 0.05) is 38.4 Å². The highest BCUT2D eigenvalue weighted by molar-refractivity contribution is 7.99. The first-order valence-corrected chi connectivity index (χ1v) is 8.73. The molecule has 3 fully saturated rings. The topological polar surface area (TPSA) is 52.7 Å². The lowest BCUT2D eigenvalue weighted by atomic mass is 10.0. The van der Waals surface area contributed by atoms with Crippen molar-refractivity contribution >= 4 is 23.6 Å². The van der Waals surface area contributed by atoms with Crippen LogP contribution in [0.2, 0.25) is 0 Å². The van der Waals surface area contributed by atoms with Crippen molar-refractivity contribution in [1.29, 1.82) is 0 Å². The predicted molar refractivity (Wildman–Crippen MR) is 79.3 cm³/mol. The summed E-state index contributed by atoms with van der Waals surface area (Å²) < 4.78 is 0. The molecule has 0 spiro atoms. The van der Waals surface area contributed by atoms with Gasteiger partial charge in [-0.3, -0.25) is 9.59 Å². The molecule has 0 saturated carbocycles. The minimum absolute atomic E-state index is 0.136. The Morgan fingerprint density at radius 3 is 2.60 bits per heavy atom. The standard InChI is InChI=1S/C14H23N3O2S/c1-2-3-13(18)17-9-20-8-12(17)14(19)16-6-10-4-15-5-11(10)7-16/h10-12,15H,2-9H2,1H3/t10-,11+,12?. The van der Waals surface area contributed by atoms with Crippen LogP contribution in [-0.2, 0) is 9.59 Å². The van der Waals surface area contributed by atoms with Crippen LogP contribution in [0, 0.1) is 11.8 Å². The smallest absolute Gasteiger partial charge is 0.246 e. The van der Waals surface area contributed by atoms with Crippen LogP contribution in [0.3, 0.4) is 0 Å². The third kappa shape index (κ3) is 2.55. The number of rotatable bonds is 3. The molecule has 6 heteroatoms. The van der Waals surface area contributed by atoms with E-state index in [2.05, 4.69) is 5.32 Å². The maximum Gasteiger partial charge on any atom is 0.246 e. The molecule has 0 bridgehead atoms. The van der Waals surface area contributed by atoms with E-state index in [0.29, 0.717) is 24.1 Å². The first kappa shape index (κ1) is 14.2. The summed E-state index contributed by atoms with van der Waals surface area (Å²) in [4.78, 5) is 28.6. The van der Waals surface area contributed by atoms with Crippen LogP contribution >= 0.6 is 11.8 Å². The van der Waals surface area contributed by atoms with Gasteiger partial charge in [0.1, 0.15) is 6.04 Å². The summed E-state index contributed by atoms with van der Waals surface area (Å²) in [7, 11) is 0. The normalized spacial score (nSPS) is 32.8. The highest BCUT2D eigenvalue weighted by Gasteiger charge is 2.43. The van der Waals surface area contributed by atoms with Crippen LogP contribution in [0.5, 0.6) is 0 Å². The van der Waals surface area contributed by atoms with Gasteiger partial charge < -0.3 is 15.1 Å². The fourth-order valence-corrected chi connectivity index (χ4v) is 4.67. The molecule has 20 heavy (non-hydrogen) atoms. The van der Waals surface area contributed by atoms with Crippen molar-refractivity contribution in [3.05, 3.63) is 0 Å². The molecule has 3 aliphatic rings. The zero-order chi connectivity index (χ0) is 14.1. The fraction of sp³-hybridized carbons (Fsp3) is 0.857. The summed E-state index contributed by atoms with van der Waals surface area (Å²) in [6.07, 6.45) is 1.40. The Hall–Kier alpha value is -0.750. The molecule has 5 nitrogen and oxygen atoms in total. The largest absolute Gasteiger partial charge is 0.340 e. The maximum atomic E-state index is 12.7. The van der Waals surface area contributed by atoms with E-state index >= 15 is 0 Å². The van der Waals surface area contributed by atoms with Gasteiger partial charge in [-0.1, -0.05) is 6.92 Å². The second-order valence-corrected chi connectivity index (χ2v) is 7.05. The fourth-order valence-electron chi connectivity index (χ4n) is 3.50. The first-order valence-electron chi connectivity index (χ1n) is 7.57. The first-order chi connectivity index (χ1) is 9.70. The monoisotopic (exact) mass is 297 g/mol. The number of likely N-dealkylation sites (tertiary alicyclic amines) is 1. The molecule has 0 aromatic heterocycles. The van der Waals surface area contributed by atoms with E-state index in [4.69, 9.17) is 0 Å². The lowest BCUT2D eigenvalue weighted by molar-refractivity contribution is -0.142. The Morgan fingerprint density at radius 1 is 1.25 bits per heavy atom. The van der Waals surface area contributed by atoms with Gasteiger partial charge in [0.25, 0.3) is 0 Å². The average molecular weight is 297 g/mol. The van der Waals surface area contributed by atoms with Gasteiger partial charge in [-0.25, -0.2) is 0 Å². The molecule has 1 unspecified atom stereocenters. The zero-order valence-corrected chi connectivity index (χ0v) is 12.8. The Morgan fingerprint density at radius 2 is 1.95 bits per heavy atom. The molecule has 2 amide bonds. The van der Waals surface area contributed by atoms with Gasteiger partial charge in [-0.15, -0.1) is 11.8 Å². The maximum absolute atomic E-state index is 12.7. The molecule has 1 N–H and O–H groups in total. The van der Waals surface area contributed by atoms with Crippen molar-refractivity contribution in [3.63, 3.8) is 0 Å². The molecule has 3 aliphatic heterocycles. The van der Waals surface area contributed by atoms with Crippen LogP contribution < -0.4 is 5.32 Å². The van der Waals surface area contributed by atoms with Gasteiger partial charge >= 0.3 is 0 Å². The van der Waals surface area contributed by atoms with Crippen LogP contribution in [0.1, 0.15) is 19.8 Å². The van der Waals surface area contributed by atoms with E-state index < -0.39 is 0 Å². The van der Waals surface area contributed by atoms with E-state index in [0.717, 1.165) is 38.4 Å². The second-order valence-electron chi connectivity index (χ2n) is 6.05. The number of hydrogen-bond donors (Lipinski definition) is 1. The molecule has 0 radical (unpaired) electrons. The summed E-state index contributed by atoms with van der Waals surface area (Å²) in [6.45, 7) is 5.81. The number of carbonyl (C=O) groups excluding carboxylic acids is 2. The van der Waals surface area contributed by atoms with Crippen molar-refractivity contribution in [1.82, 2.24) is 15.1 Å². The van der Waals surface area contributed by atoms with Crippen LogP contribution in [0.25, 0.3) is 0 Å². The lowest BCUT2D eigenvalue weighted by Gasteiger charge is -2.27. The number of nitrogens with one attached hydrogen (secondary N) is 1. The SMILES string of the molecule is CCCC(=O)N1CSCC1C(=O)N1C[C@H]2CNC[C@H]2C1. The zero-order valence-electron chi connectivity index (χ0n) is 12.0. The molecular weight excluding hydrogens is 274 g/mol. The van der Waals surface area contributed by atoms with Gasteiger partial charge in [0.05, 0.1) is 5.88 Å². The van der Waals surface area contributed by atoms with E-state index in [-0.39, 0.29) is 17.9 Å². The molecule has 112 valence electrons. The third-order valence-corrected chi connectivity index (χ3v) is 5.66. The summed E-state index contributed by atoms with van der Waals surface area (Å²) in [5, 5.41) is 3.39. The number of hydrogen-bond acceptors (Lipinski definition) is 4. The summed E-state index contributed by atoms with van der Waals surface area (Å²) in [5.74, 6) is 2.99. The predicted octanol–water partition coefficient (Wildman–Crippen LogP) is 0.366. The van der Waals surface area contributed by atoms with Crippen molar-refractivity contribution in [2.24, 2.45) is 11.8 Å². The lowest BCUT2D eigenvalue weighted by Crippen LogP contribution is -2.48. The second kappa shape index (κ2) is 5.93. The van der Waals surface area contributed by atoms with Crippen molar-refractivity contribution < 1.29 is 9.59 Å². The number of carbonyl (C=O) groups is 2. The number of thioether (sulfide) groups is 1. The van der Waals surface area contributed by atoms with Crippen LogP contribution in [0.4, 0.5) is 0 Å². The molecule has 3 saturated heterocycles. The molecular formula is C14H23N3O2S. The number of nitrogens with zero attached hydrogens (tertiary/aromatic N) is 2. The molecule has 3 heterocycles. The van der Waals surface area contributed by atoms with Crippen LogP contribution in [-0.4, -0.2) is 65.5 Å². The van der Waals surface area contributed by atoms with E-state index in [9.17, 15) is 9.59 Å².